The van der Waals surface area contributed by atoms with Crippen LogP contribution in [0.15, 0.2) is 77.6 Å². The summed E-state index contributed by atoms with van der Waals surface area (Å²) in [7, 11) is 0. The highest BCUT2D eigenvalue weighted by Gasteiger charge is 2.33. The molecule has 0 spiro atoms. The summed E-state index contributed by atoms with van der Waals surface area (Å²) in [6.07, 6.45) is 0. The molecule has 16 heteroatoms. The molecule has 3 aromatic heterocycles. The van der Waals surface area contributed by atoms with E-state index in [9.17, 15) is 66.1 Å². The normalized spacial score (nSPS) is 11.6. The number of aromatic amines is 1. The second-order valence-electron chi connectivity index (χ2n) is 12.2. The molecule has 0 bridgehead atoms. The molecule has 0 atom stereocenters. The van der Waals surface area contributed by atoms with Crippen LogP contribution in [-0.2, 0) is 0 Å². The fourth-order valence-electron chi connectivity index (χ4n) is 6.87. The van der Waals surface area contributed by atoms with E-state index >= 15 is 0 Å². The van der Waals surface area contributed by atoms with Crippen LogP contribution in [0.4, 0.5) is 0 Å². The number of nitrogens with zero attached hydrogens (tertiary/aromatic N) is 2. The number of fused-ring (bicyclic) bond motifs is 6. The summed E-state index contributed by atoms with van der Waals surface area (Å²) >= 11 is 0. The highest BCUT2D eigenvalue weighted by molar-refractivity contribution is 6.32. The molecule has 13 N–H and O–H groups in total. The summed E-state index contributed by atoms with van der Waals surface area (Å²) in [5, 5.41) is 130. The van der Waals surface area contributed by atoms with Gasteiger partial charge in [0.15, 0.2) is 23.0 Å². The third-order valence-corrected chi connectivity index (χ3v) is 9.34. The van der Waals surface area contributed by atoms with Crippen molar-refractivity contribution in [2.45, 2.75) is 0 Å². The summed E-state index contributed by atoms with van der Waals surface area (Å²) < 4.78 is 1.32. The molecular formula is C38H25N3O13. The first-order chi connectivity index (χ1) is 25.7. The topological polar surface area (TPSA) is 293 Å². The standard InChI is InChI=1S/C38H25N3O13/c42-26-19(27(43)31(47)34(50)30(26)46)13-9-11-14(12-10-13)41-24(22-28(44)32(48)35(51)37(53)39-22)20-17-7-3-1-5-15(17)16-6-2-4-8-18(16)21(20)25(41)23-29(45)33(49)36(52)38(54)40-23/h1-12,42-47,50-52H,(H2,39,48,53)(H2,40,49,54). The van der Waals surface area contributed by atoms with Crippen LogP contribution in [0.5, 0.6) is 69.1 Å². The first-order valence-electron chi connectivity index (χ1n) is 15.7. The minimum absolute atomic E-state index is 0.0190. The number of rotatable bonds is 4. The van der Waals surface area contributed by atoms with E-state index < -0.39 is 91.6 Å². The van der Waals surface area contributed by atoms with Gasteiger partial charge in [-0.25, -0.2) is 4.98 Å². The Hall–Kier alpha value is -8.14. The second kappa shape index (κ2) is 11.4. The van der Waals surface area contributed by atoms with Gasteiger partial charge in [0.05, 0.1) is 17.0 Å². The van der Waals surface area contributed by atoms with E-state index in [1.807, 2.05) is 0 Å². The van der Waals surface area contributed by atoms with Gasteiger partial charge in [0.25, 0.3) is 11.4 Å². The van der Waals surface area contributed by atoms with Gasteiger partial charge < -0.3 is 70.8 Å². The number of hydrogen-bond acceptors (Lipinski definition) is 14. The van der Waals surface area contributed by atoms with Crippen molar-refractivity contribution in [3.63, 3.8) is 0 Å². The summed E-state index contributed by atoms with van der Waals surface area (Å²) in [4.78, 5) is 19.4. The van der Waals surface area contributed by atoms with E-state index in [0.717, 1.165) is 0 Å². The summed E-state index contributed by atoms with van der Waals surface area (Å²) in [5.74, 6) is -13.1. The predicted molar refractivity (Wildman–Crippen MR) is 193 cm³/mol. The summed E-state index contributed by atoms with van der Waals surface area (Å²) in [5.41, 5.74) is -2.81. The quantitative estimate of drug-likeness (QED) is 0.0605. The zero-order valence-corrected chi connectivity index (χ0v) is 27.1. The number of benzene rings is 5. The van der Waals surface area contributed by atoms with E-state index in [2.05, 4.69) is 9.97 Å². The van der Waals surface area contributed by atoms with Gasteiger partial charge >= 0.3 is 0 Å². The van der Waals surface area contributed by atoms with Gasteiger partial charge in [-0.3, -0.25) is 4.79 Å². The Labute approximate surface area is 299 Å². The summed E-state index contributed by atoms with van der Waals surface area (Å²) in [6, 6.07) is 19.3. The van der Waals surface area contributed by atoms with Crippen molar-refractivity contribution < 1.29 is 61.3 Å². The van der Waals surface area contributed by atoms with Gasteiger partial charge in [-0.1, -0.05) is 60.7 Å². The molecule has 0 saturated heterocycles. The van der Waals surface area contributed by atoms with Crippen LogP contribution in [0.2, 0.25) is 0 Å². The van der Waals surface area contributed by atoms with E-state index in [1.165, 1.54) is 28.8 Å². The maximum Gasteiger partial charge on any atom is 0.294 e. The van der Waals surface area contributed by atoms with Gasteiger partial charge in [-0.15, -0.1) is 0 Å². The van der Waals surface area contributed by atoms with Crippen LogP contribution in [-0.4, -0.2) is 75.8 Å². The smallest absolute Gasteiger partial charge is 0.294 e. The van der Waals surface area contributed by atoms with Crippen LogP contribution in [0.25, 0.3) is 71.9 Å². The molecule has 0 aliphatic heterocycles. The second-order valence-corrected chi connectivity index (χ2v) is 12.2. The Morgan fingerprint density at radius 1 is 0.463 bits per heavy atom. The molecule has 270 valence electrons. The molecule has 5 aromatic carbocycles. The minimum atomic E-state index is -1.21. The highest BCUT2D eigenvalue weighted by Crippen LogP contribution is 2.56. The zero-order chi connectivity index (χ0) is 38.5. The fraction of sp³-hybridized carbons (Fsp3) is 0. The molecule has 16 nitrogen and oxygen atoms in total. The maximum absolute atomic E-state index is 13.0. The largest absolute Gasteiger partial charge is 0.504 e. The van der Waals surface area contributed by atoms with E-state index in [4.69, 9.17) is 0 Å². The number of phenols is 5. The monoisotopic (exact) mass is 731 g/mol. The van der Waals surface area contributed by atoms with Crippen LogP contribution >= 0.6 is 0 Å². The van der Waals surface area contributed by atoms with E-state index in [0.29, 0.717) is 21.5 Å². The van der Waals surface area contributed by atoms with Crippen molar-refractivity contribution in [3.8, 4) is 109 Å². The van der Waals surface area contributed by atoms with Gasteiger partial charge in [0.2, 0.25) is 40.2 Å². The van der Waals surface area contributed by atoms with Crippen LogP contribution in [0.1, 0.15) is 0 Å². The molecular weight excluding hydrogens is 706 g/mol. The Morgan fingerprint density at radius 2 is 0.926 bits per heavy atom. The number of H-pyrrole nitrogens is 1. The molecule has 0 aliphatic rings. The molecule has 0 amide bonds. The SMILES string of the molecule is O=c1[nH]c(-c2c3c4ccccc4c4ccccc4c3c(-c3nc(O)c(O)c(O)c3O)n2-c2ccc(-c3c(O)c(O)c(O)c(O)c3O)cc2)c(O)c(O)c1O. The number of aromatic hydroxyl groups is 12. The predicted octanol–water partition coefficient (Wildman–Crippen LogP) is 5.49. The molecule has 0 saturated carbocycles. The average molecular weight is 732 g/mol. The van der Waals surface area contributed by atoms with Crippen LogP contribution in [0.3, 0.4) is 0 Å². The van der Waals surface area contributed by atoms with Crippen LogP contribution < -0.4 is 5.56 Å². The molecule has 8 aromatic rings. The van der Waals surface area contributed by atoms with Crippen molar-refractivity contribution in [3.05, 3.63) is 83.2 Å². The lowest BCUT2D eigenvalue weighted by Crippen LogP contribution is -2.09. The number of pyridine rings is 2. The van der Waals surface area contributed by atoms with Crippen molar-refractivity contribution >= 4 is 32.3 Å². The van der Waals surface area contributed by atoms with E-state index in [-0.39, 0.29) is 33.4 Å². The average Bonchev–Trinajstić information content (AvgIpc) is 3.54. The number of hydrogen-bond donors (Lipinski definition) is 13. The van der Waals surface area contributed by atoms with Crippen LogP contribution in [0, 0.1) is 0 Å². The third kappa shape index (κ3) is 4.37. The van der Waals surface area contributed by atoms with Crippen molar-refractivity contribution in [1.82, 2.24) is 14.5 Å². The lowest BCUT2D eigenvalue weighted by atomic mass is 9.93. The fourth-order valence-corrected chi connectivity index (χ4v) is 6.87. The first kappa shape index (κ1) is 33.0. The van der Waals surface area contributed by atoms with Crippen molar-refractivity contribution in [2.75, 3.05) is 0 Å². The van der Waals surface area contributed by atoms with Gasteiger partial charge in [0.1, 0.15) is 11.4 Å². The highest BCUT2D eigenvalue weighted by atomic mass is 16.4. The van der Waals surface area contributed by atoms with E-state index in [1.54, 1.807) is 48.5 Å². The van der Waals surface area contributed by atoms with Crippen molar-refractivity contribution in [1.29, 1.82) is 0 Å². The lowest BCUT2D eigenvalue weighted by molar-refractivity contribution is 0.330. The Kier molecular flexibility index (Phi) is 7.00. The Morgan fingerprint density at radius 3 is 1.48 bits per heavy atom. The summed E-state index contributed by atoms with van der Waals surface area (Å²) in [6.45, 7) is 0. The van der Waals surface area contributed by atoms with Gasteiger partial charge in [0, 0.05) is 16.5 Å². The zero-order valence-electron chi connectivity index (χ0n) is 27.1. The minimum Gasteiger partial charge on any atom is -0.504 e. The number of phenolic OH excluding ortho intramolecular Hbond substituents is 5. The molecule has 3 heterocycles. The molecule has 0 fully saturated rings. The molecule has 54 heavy (non-hydrogen) atoms. The Balaban J connectivity index is 1.62. The number of aromatic nitrogens is 3. The molecule has 0 unspecified atom stereocenters. The Bertz CT molecular complexity index is 2960. The number of nitrogens with one attached hydrogen (secondary N) is 1. The van der Waals surface area contributed by atoms with Crippen molar-refractivity contribution in [2.24, 2.45) is 0 Å². The van der Waals surface area contributed by atoms with Gasteiger partial charge in [-0.05, 0) is 39.2 Å². The lowest BCUT2D eigenvalue weighted by Gasteiger charge is -2.17. The maximum atomic E-state index is 13.0. The first-order valence-corrected chi connectivity index (χ1v) is 15.7. The molecule has 8 rings (SSSR count). The third-order valence-electron chi connectivity index (χ3n) is 9.34. The molecule has 0 radical (unpaired) electrons. The molecule has 0 aliphatic carbocycles. The van der Waals surface area contributed by atoms with Gasteiger partial charge in [-0.2, -0.15) is 0 Å².